The first-order valence-electron chi connectivity index (χ1n) is 8.61. The van der Waals surface area contributed by atoms with E-state index in [2.05, 4.69) is 0 Å². The van der Waals surface area contributed by atoms with Crippen molar-refractivity contribution in [3.8, 4) is 0 Å². The second-order valence-electron chi connectivity index (χ2n) is 6.57. The molecule has 0 saturated carbocycles. The zero-order valence-corrected chi connectivity index (χ0v) is 15.0. The fraction of sp³-hybridized carbons (Fsp3) is 0.300. The Balaban J connectivity index is 1.94. The van der Waals surface area contributed by atoms with Gasteiger partial charge in [-0.25, -0.2) is 12.4 Å². The number of aryl methyl sites for hydroxylation is 1. The van der Waals surface area contributed by atoms with E-state index in [0.717, 1.165) is 35.9 Å². The first-order chi connectivity index (χ1) is 12.1. The van der Waals surface area contributed by atoms with Gasteiger partial charge in [0, 0.05) is 12.0 Å². The lowest BCUT2D eigenvalue weighted by molar-refractivity contribution is 0.0121. The summed E-state index contributed by atoms with van der Waals surface area (Å²) in [6, 6.07) is 16.6. The van der Waals surface area contributed by atoms with E-state index >= 15 is 0 Å². The molecule has 1 aromatic heterocycles. The number of ether oxygens (including phenoxy) is 1. The SMILES string of the molecule is Cc1ccc(S(=O)(=O)n2c([C@@H]3CCCCO3)cc3ccccc32)cc1. The second kappa shape index (κ2) is 6.32. The van der Waals surface area contributed by atoms with Gasteiger partial charge in [-0.2, -0.15) is 0 Å². The van der Waals surface area contributed by atoms with Crippen molar-refractivity contribution < 1.29 is 13.2 Å². The van der Waals surface area contributed by atoms with Crippen LogP contribution < -0.4 is 0 Å². The first kappa shape index (κ1) is 16.4. The van der Waals surface area contributed by atoms with E-state index in [9.17, 15) is 8.42 Å². The molecule has 0 radical (unpaired) electrons. The molecule has 5 heteroatoms. The van der Waals surface area contributed by atoms with Gasteiger partial charge in [-0.05, 0) is 50.5 Å². The van der Waals surface area contributed by atoms with Crippen LogP contribution in [-0.2, 0) is 14.8 Å². The predicted octanol–water partition coefficient (Wildman–Crippen LogP) is 4.43. The van der Waals surface area contributed by atoms with E-state index in [1.165, 1.54) is 3.97 Å². The van der Waals surface area contributed by atoms with E-state index in [4.69, 9.17) is 4.74 Å². The Morgan fingerprint density at radius 2 is 1.80 bits per heavy atom. The van der Waals surface area contributed by atoms with Crippen molar-refractivity contribution in [3.63, 3.8) is 0 Å². The van der Waals surface area contributed by atoms with Gasteiger partial charge >= 0.3 is 0 Å². The van der Waals surface area contributed by atoms with Gasteiger partial charge in [0.1, 0.15) is 0 Å². The topological polar surface area (TPSA) is 48.3 Å². The maximum atomic E-state index is 13.4. The summed E-state index contributed by atoms with van der Waals surface area (Å²) in [7, 11) is -3.68. The Kier molecular flexibility index (Phi) is 4.13. The van der Waals surface area contributed by atoms with Crippen molar-refractivity contribution >= 4 is 20.9 Å². The number of rotatable bonds is 3. The minimum Gasteiger partial charge on any atom is -0.372 e. The van der Waals surface area contributed by atoms with Gasteiger partial charge in [0.2, 0.25) is 0 Å². The highest BCUT2D eigenvalue weighted by Crippen LogP contribution is 2.34. The molecule has 1 saturated heterocycles. The van der Waals surface area contributed by atoms with Gasteiger partial charge in [-0.15, -0.1) is 0 Å². The van der Waals surface area contributed by atoms with Crippen molar-refractivity contribution in [2.24, 2.45) is 0 Å². The first-order valence-corrected chi connectivity index (χ1v) is 10.1. The van der Waals surface area contributed by atoms with Gasteiger partial charge in [0.15, 0.2) is 0 Å². The van der Waals surface area contributed by atoms with Crippen LogP contribution in [0.5, 0.6) is 0 Å². The van der Waals surface area contributed by atoms with Crippen molar-refractivity contribution in [2.45, 2.75) is 37.2 Å². The molecular weight excluding hydrogens is 334 g/mol. The highest BCUT2D eigenvalue weighted by atomic mass is 32.2. The Morgan fingerprint density at radius 1 is 1.04 bits per heavy atom. The average Bonchev–Trinajstić information content (AvgIpc) is 3.03. The summed E-state index contributed by atoms with van der Waals surface area (Å²) in [5.41, 5.74) is 2.46. The molecule has 1 aliphatic rings. The lowest BCUT2D eigenvalue weighted by Gasteiger charge is -2.24. The summed E-state index contributed by atoms with van der Waals surface area (Å²) in [6.45, 7) is 2.62. The molecule has 2 heterocycles. The standard InChI is InChI=1S/C20H21NO3S/c1-15-9-11-17(12-10-15)25(22,23)21-18-7-3-2-6-16(18)14-19(21)20-8-4-5-13-24-20/h2-3,6-7,9-12,14,20H,4-5,8,13H2,1H3/t20-/m0/s1. The number of hydrogen-bond acceptors (Lipinski definition) is 3. The molecule has 1 fully saturated rings. The van der Waals surface area contributed by atoms with E-state index in [-0.39, 0.29) is 6.10 Å². The maximum Gasteiger partial charge on any atom is 0.268 e. The number of benzene rings is 2. The summed E-state index contributed by atoms with van der Waals surface area (Å²) in [5.74, 6) is 0. The summed E-state index contributed by atoms with van der Waals surface area (Å²) in [5, 5.41) is 0.919. The van der Waals surface area contributed by atoms with Crippen LogP contribution in [-0.4, -0.2) is 19.0 Å². The van der Waals surface area contributed by atoms with Gasteiger partial charge in [-0.1, -0.05) is 35.9 Å². The summed E-state index contributed by atoms with van der Waals surface area (Å²) in [6.07, 6.45) is 2.75. The molecule has 1 atom stereocenters. The lowest BCUT2D eigenvalue weighted by Crippen LogP contribution is -2.21. The fourth-order valence-corrected chi connectivity index (χ4v) is 5.00. The van der Waals surface area contributed by atoms with Gasteiger partial charge in [0.05, 0.1) is 22.2 Å². The third kappa shape index (κ3) is 2.87. The van der Waals surface area contributed by atoms with Gasteiger partial charge < -0.3 is 4.74 Å². The number of fused-ring (bicyclic) bond motifs is 1. The molecule has 0 bridgehead atoms. The van der Waals surface area contributed by atoms with Crippen LogP contribution in [0.25, 0.3) is 10.9 Å². The third-order valence-corrected chi connectivity index (χ3v) is 6.52. The molecule has 0 spiro atoms. The maximum absolute atomic E-state index is 13.4. The predicted molar refractivity (Wildman–Crippen MR) is 98.2 cm³/mol. The number of nitrogens with zero attached hydrogens (tertiary/aromatic N) is 1. The molecule has 0 unspecified atom stereocenters. The molecule has 0 N–H and O–H groups in total. The molecule has 1 aliphatic heterocycles. The summed E-state index contributed by atoms with van der Waals surface area (Å²) in [4.78, 5) is 0.302. The molecule has 4 nitrogen and oxygen atoms in total. The highest BCUT2D eigenvalue weighted by molar-refractivity contribution is 7.90. The van der Waals surface area contributed by atoms with Gasteiger partial charge in [-0.3, -0.25) is 0 Å². The second-order valence-corrected chi connectivity index (χ2v) is 8.35. The quantitative estimate of drug-likeness (QED) is 0.698. The van der Waals surface area contributed by atoms with Crippen LogP contribution in [0.15, 0.2) is 59.5 Å². The van der Waals surface area contributed by atoms with Crippen LogP contribution in [0, 0.1) is 6.92 Å². The van der Waals surface area contributed by atoms with Crippen molar-refractivity contribution in [1.82, 2.24) is 3.97 Å². The molecular formula is C20H21NO3S. The third-order valence-electron chi connectivity index (χ3n) is 4.76. The van der Waals surface area contributed by atoms with Crippen molar-refractivity contribution in [2.75, 3.05) is 6.61 Å². The van der Waals surface area contributed by atoms with Crippen LogP contribution in [0.3, 0.4) is 0 Å². The monoisotopic (exact) mass is 355 g/mol. The van der Waals surface area contributed by atoms with Gasteiger partial charge in [0.25, 0.3) is 10.0 Å². The van der Waals surface area contributed by atoms with Crippen LogP contribution >= 0.6 is 0 Å². The van der Waals surface area contributed by atoms with E-state index < -0.39 is 10.0 Å². The zero-order chi connectivity index (χ0) is 17.4. The van der Waals surface area contributed by atoms with Crippen LogP contribution in [0.1, 0.15) is 36.6 Å². The van der Waals surface area contributed by atoms with E-state index in [0.29, 0.717) is 17.0 Å². The van der Waals surface area contributed by atoms with E-state index in [1.807, 2.05) is 49.4 Å². The molecule has 130 valence electrons. The normalized spacial score (nSPS) is 18.5. The smallest absolute Gasteiger partial charge is 0.268 e. The fourth-order valence-electron chi connectivity index (χ4n) is 3.43. The minimum atomic E-state index is -3.68. The van der Waals surface area contributed by atoms with E-state index in [1.54, 1.807) is 12.1 Å². The zero-order valence-electron chi connectivity index (χ0n) is 14.2. The Bertz CT molecular complexity index is 997. The number of hydrogen-bond donors (Lipinski definition) is 0. The summed E-state index contributed by atoms with van der Waals surface area (Å²) >= 11 is 0. The van der Waals surface area contributed by atoms with Crippen molar-refractivity contribution in [3.05, 3.63) is 65.9 Å². The molecule has 0 aliphatic carbocycles. The Morgan fingerprint density at radius 3 is 2.52 bits per heavy atom. The largest absolute Gasteiger partial charge is 0.372 e. The lowest BCUT2D eigenvalue weighted by atomic mass is 10.1. The number of para-hydroxylation sites is 1. The number of aromatic nitrogens is 1. The molecule has 25 heavy (non-hydrogen) atoms. The van der Waals surface area contributed by atoms with Crippen LogP contribution in [0.4, 0.5) is 0 Å². The average molecular weight is 355 g/mol. The molecule has 0 amide bonds. The van der Waals surface area contributed by atoms with Crippen LogP contribution in [0.2, 0.25) is 0 Å². The summed E-state index contributed by atoms with van der Waals surface area (Å²) < 4.78 is 34.2. The Hall–Kier alpha value is -2.11. The molecule has 4 rings (SSSR count). The minimum absolute atomic E-state index is 0.179. The molecule has 2 aromatic carbocycles. The van der Waals surface area contributed by atoms with Crippen molar-refractivity contribution in [1.29, 1.82) is 0 Å². The Labute approximate surface area is 148 Å². The highest BCUT2D eigenvalue weighted by Gasteiger charge is 2.28. The molecule has 3 aromatic rings.